The van der Waals surface area contributed by atoms with Gasteiger partial charge in [0.2, 0.25) is 0 Å². The maximum Gasteiger partial charge on any atom is 0.169 e. The Hall–Kier alpha value is -1.85. The molecule has 0 aliphatic carbocycles. The molecule has 2 aromatic heterocycles. The molecule has 0 spiro atoms. The van der Waals surface area contributed by atoms with Gasteiger partial charge in [-0.1, -0.05) is 0 Å². The lowest BCUT2D eigenvalue weighted by molar-refractivity contribution is -0.305. The highest BCUT2D eigenvalue weighted by atomic mass is 17.1. The second kappa shape index (κ2) is 4.92. The molecule has 0 radical (unpaired) electrons. The molecule has 0 saturated carbocycles. The maximum absolute atomic E-state index is 9.88. The largest absolute Gasteiger partial charge is 0.394 e. The van der Waals surface area contributed by atoms with Crippen LogP contribution in [0.1, 0.15) is 6.23 Å². The Morgan fingerprint density at radius 3 is 2.90 bits per heavy atom. The van der Waals surface area contributed by atoms with E-state index in [2.05, 4.69) is 19.8 Å². The van der Waals surface area contributed by atoms with Gasteiger partial charge in [-0.2, -0.15) is 0 Å². The Morgan fingerprint density at radius 1 is 1.40 bits per heavy atom. The van der Waals surface area contributed by atoms with Crippen molar-refractivity contribution in [3.05, 3.63) is 12.7 Å². The minimum Gasteiger partial charge on any atom is -0.394 e. The van der Waals surface area contributed by atoms with Crippen LogP contribution in [0.3, 0.4) is 0 Å². The lowest BCUT2D eigenvalue weighted by atomic mass is 10.1. The first kappa shape index (κ1) is 13.1. The third kappa shape index (κ3) is 1.82. The van der Waals surface area contributed by atoms with E-state index in [1.54, 1.807) is 0 Å². The zero-order valence-electron chi connectivity index (χ0n) is 10.2. The number of nitrogen functional groups attached to an aromatic ring is 1. The Bertz CT molecular complexity index is 619. The number of nitrogens with two attached hydrogens (primary N) is 1. The summed E-state index contributed by atoms with van der Waals surface area (Å²) in [5.74, 6) is 0.201. The van der Waals surface area contributed by atoms with Crippen molar-refractivity contribution in [2.75, 3.05) is 12.3 Å². The molecular weight excluding hydrogens is 270 g/mol. The monoisotopic (exact) mass is 283 g/mol. The molecule has 10 heteroatoms. The Morgan fingerprint density at radius 2 is 2.20 bits per heavy atom. The molecule has 108 valence electrons. The topological polar surface area (TPSA) is 149 Å². The van der Waals surface area contributed by atoms with Crippen LogP contribution in [-0.2, 0) is 9.62 Å². The van der Waals surface area contributed by atoms with Gasteiger partial charge in [-0.3, -0.25) is 9.82 Å². The van der Waals surface area contributed by atoms with E-state index in [1.807, 2.05) is 0 Å². The maximum atomic E-state index is 9.88. The first-order valence-electron chi connectivity index (χ1n) is 5.85. The smallest absolute Gasteiger partial charge is 0.169 e. The summed E-state index contributed by atoms with van der Waals surface area (Å²) in [7, 11) is 0. The van der Waals surface area contributed by atoms with Gasteiger partial charge in [0.15, 0.2) is 23.8 Å². The predicted molar refractivity (Wildman–Crippen MR) is 64.2 cm³/mol. The zero-order valence-corrected chi connectivity index (χ0v) is 10.2. The molecule has 1 aliphatic rings. The highest BCUT2D eigenvalue weighted by molar-refractivity contribution is 5.81. The molecule has 0 aromatic carbocycles. The van der Waals surface area contributed by atoms with Gasteiger partial charge in [0.25, 0.3) is 0 Å². The van der Waals surface area contributed by atoms with Crippen molar-refractivity contribution in [2.24, 2.45) is 0 Å². The number of aliphatic hydroxyl groups excluding tert-OH is 2. The van der Waals surface area contributed by atoms with E-state index < -0.39 is 31.1 Å². The summed E-state index contributed by atoms with van der Waals surface area (Å²) in [6, 6.07) is 0. The predicted octanol–water partition coefficient (Wildman–Crippen LogP) is -1.48. The van der Waals surface area contributed by atoms with Crippen LogP contribution in [0.4, 0.5) is 5.82 Å². The van der Waals surface area contributed by atoms with Crippen molar-refractivity contribution in [2.45, 2.75) is 24.5 Å². The van der Waals surface area contributed by atoms with E-state index in [0.717, 1.165) is 0 Å². The van der Waals surface area contributed by atoms with E-state index in [0.29, 0.717) is 11.2 Å². The Balaban J connectivity index is 2.04. The third-order valence-corrected chi connectivity index (χ3v) is 3.28. The van der Waals surface area contributed by atoms with Crippen LogP contribution >= 0.6 is 0 Å². The summed E-state index contributed by atoms with van der Waals surface area (Å²) in [6.45, 7) is -0.415. The number of imidazole rings is 1. The normalized spacial score (nSPS) is 30.1. The van der Waals surface area contributed by atoms with Crippen LogP contribution in [-0.4, -0.2) is 59.9 Å². The number of hydrogen-bond acceptors (Lipinski definition) is 9. The van der Waals surface area contributed by atoms with E-state index >= 15 is 0 Å². The summed E-state index contributed by atoms with van der Waals surface area (Å²) in [6.07, 6.45) is -1.40. The molecular formula is C10H13N5O5. The van der Waals surface area contributed by atoms with Gasteiger partial charge in [0.05, 0.1) is 12.9 Å². The van der Waals surface area contributed by atoms with E-state index in [1.165, 1.54) is 17.2 Å². The Labute approximate surface area is 112 Å². The molecule has 20 heavy (non-hydrogen) atoms. The number of nitrogens with zero attached hydrogens (tertiary/aromatic N) is 4. The highest BCUT2D eigenvalue weighted by Gasteiger charge is 2.46. The van der Waals surface area contributed by atoms with Crippen LogP contribution in [0.15, 0.2) is 12.7 Å². The van der Waals surface area contributed by atoms with E-state index in [4.69, 9.17) is 20.8 Å². The van der Waals surface area contributed by atoms with Crippen molar-refractivity contribution in [1.29, 1.82) is 0 Å². The number of anilines is 1. The summed E-state index contributed by atoms with van der Waals surface area (Å²) >= 11 is 0. The minimum absolute atomic E-state index is 0.201. The van der Waals surface area contributed by atoms with Crippen molar-refractivity contribution < 1.29 is 25.1 Å². The van der Waals surface area contributed by atoms with Gasteiger partial charge in [0.1, 0.15) is 24.1 Å². The fourth-order valence-electron chi connectivity index (χ4n) is 2.26. The van der Waals surface area contributed by atoms with Crippen molar-refractivity contribution in [1.82, 2.24) is 19.5 Å². The Kier molecular flexibility index (Phi) is 3.23. The second-order valence-electron chi connectivity index (χ2n) is 4.39. The van der Waals surface area contributed by atoms with Gasteiger partial charge < -0.3 is 20.7 Å². The summed E-state index contributed by atoms with van der Waals surface area (Å²) < 4.78 is 6.91. The van der Waals surface area contributed by atoms with Crippen LogP contribution < -0.4 is 5.73 Å². The molecule has 4 atom stereocenters. The number of hydrogen-bond donors (Lipinski definition) is 4. The number of aromatic nitrogens is 4. The van der Waals surface area contributed by atoms with Crippen molar-refractivity contribution in [3.63, 3.8) is 0 Å². The van der Waals surface area contributed by atoms with Gasteiger partial charge in [-0.15, -0.1) is 0 Å². The van der Waals surface area contributed by atoms with Crippen molar-refractivity contribution >= 4 is 17.0 Å². The summed E-state index contributed by atoms with van der Waals surface area (Å²) in [5, 5.41) is 27.9. The molecule has 2 aromatic rings. The molecule has 1 aliphatic heterocycles. The van der Waals surface area contributed by atoms with Gasteiger partial charge in [-0.25, -0.2) is 19.8 Å². The second-order valence-corrected chi connectivity index (χ2v) is 4.39. The van der Waals surface area contributed by atoms with Crippen LogP contribution in [0, 0.1) is 0 Å². The van der Waals surface area contributed by atoms with E-state index in [9.17, 15) is 5.11 Å². The highest BCUT2D eigenvalue weighted by Crippen LogP contribution is 2.33. The quantitative estimate of drug-likeness (QED) is 0.390. The first-order valence-corrected chi connectivity index (χ1v) is 5.85. The fraction of sp³-hybridized carbons (Fsp3) is 0.500. The number of fused-ring (bicyclic) bond motifs is 1. The zero-order chi connectivity index (χ0) is 14.3. The molecule has 1 saturated heterocycles. The summed E-state index contributed by atoms with van der Waals surface area (Å²) in [5.41, 5.74) is 6.42. The van der Waals surface area contributed by atoms with Gasteiger partial charge in [0, 0.05) is 0 Å². The van der Waals surface area contributed by atoms with Crippen LogP contribution in [0.5, 0.6) is 0 Å². The van der Waals surface area contributed by atoms with Crippen LogP contribution in [0.2, 0.25) is 0 Å². The molecule has 3 rings (SSSR count). The van der Waals surface area contributed by atoms with Crippen LogP contribution in [0.25, 0.3) is 11.2 Å². The molecule has 0 amide bonds. The lowest BCUT2D eigenvalue weighted by Crippen LogP contribution is -2.34. The lowest BCUT2D eigenvalue weighted by Gasteiger charge is -2.18. The standard InChI is InChI=1S/C10H13N5O5/c11-8-5-9(13-2-12-8)15(3-14-5)10-7(20-18)6(17)4(1-16)19-10/h2-4,6-7,10,16-18H,1H2,(H2,11,12,13)/t4-,6?,7?,10-/m1/s1. The minimum atomic E-state index is -1.19. The first-order chi connectivity index (χ1) is 9.67. The van der Waals surface area contributed by atoms with E-state index in [-0.39, 0.29) is 5.82 Å². The van der Waals surface area contributed by atoms with Gasteiger partial charge in [-0.05, 0) is 0 Å². The number of ether oxygens (including phenoxy) is 1. The molecule has 1 fully saturated rings. The number of rotatable bonds is 3. The molecule has 0 bridgehead atoms. The molecule has 2 unspecified atom stereocenters. The average molecular weight is 283 g/mol. The van der Waals surface area contributed by atoms with Gasteiger partial charge >= 0.3 is 0 Å². The molecule has 10 nitrogen and oxygen atoms in total. The molecule has 5 N–H and O–H groups in total. The SMILES string of the molecule is Nc1ncnc2c1ncn2[C@@H]1O[C@H](CO)C(O)C1OO. The number of aliphatic hydroxyl groups is 2. The molecule has 3 heterocycles. The third-order valence-electron chi connectivity index (χ3n) is 3.28. The average Bonchev–Trinajstić information content (AvgIpc) is 3.00. The van der Waals surface area contributed by atoms with Crippen molar-refractivity contribution in [3.8, 4) is 0 Å². The summed E-state index contributed by atoms with van der Waals surface area (Å²) in [4.78, 5) is 16.2. The fourth-order valence-corrected chi connectivity index (χ4v) is 2.26.